The fourth-order valence-electron chi connectivity index (χ4n) is 2.32. The highest BCUT2D eigenvalue weighted by Crippen LogP contribution is 2.32. The Morgan fingerprint density at radius 2 is 2.16 bits per heavy atom. The number of rotatable bonds is 8. The molecule has 2 aromatic rings. The number of carbonyl (C=O) groups excluding carboxylic acids is 1. The zero-order chi connectivity index (χ0) is 17.8. The lowest BCUT2D eigenvalue weighted by molar-refractivity contribution is -0.119. The maximum atomic E-state index is 12.9. The molecule has 1 fully saturated rings. The van der Waals surface area contributed by atoms with E-state index in [-0.39, 0.29) is 30.1 Å². The Balaban J connectivity index is 1.48. The van der Waals surface area contributed by atoms with Crippen LogP contribution in [-0.4, -0.2) is 32.6 Å². The number of aromatic nitrogens is 3. The summed E-state index contributed by atoms with van der Waals surface area (Å²) in [6, 6.07) is 5.88. The van der Waals surface area contributed by atoms with E-state index in [4.69, 9.17) is 10.6 Å². The summed E-state index contributed by atoms with van der Waals surface area (Å²) in [5.41, 5.74) is 0. The molecular formula is C16H20FN5O2S. The van der Waals surface area contributed by atoms with Crippen LogP contribution in [-0.2, 0) is 11.4 Å². The first kappa shape index (κ1) is 17.5. The van der Waals surface area contributed by atoms with Crippen molar-refractivity contribution >= 4 is 17.7 Å². The van der Waals surface area contributed by atoms with Crippen molar-refractivity contribution in [3.63, 3.8) is 0 Å². The van der Waals surface area contributed by atoms with Crippen molar-refractivity contribution < 1.29 is 13.9 Å². The van der Waals surface area contributed by atoms with Crippen molar-refractivity contribution in [1.29, 1.82) is 0 Å². The van der Waals surface area contributed by atoms with Gasteiger partial charge >= 0.3 is 0 Å². The summed E-state index contributed by atoms with van der Waals surface area (Å²) >= 11 is 1.22. The summed E-state index contributed by atoms with van der Waals surface area (Å²) in [7, 11) is 0. The Bertz CT molecular complexity index is 733. The first-order valence-electron chi connectivity index (χ1n) is 8.03. The Morgan fingerprint density at radius 3 is 2.84 bits per heavy atom. The van der Waals surface area contributed by atoms with Gasteiger partial charge in [0.05, 0.1) is 5.75 Å². The van der Waals surface area contributed by atoms with Crippen LogP contribution in [0.5, 0.6) is 5.75 Å². The van der Waals surface area contributed by atoms with Crippen molar-refractivity contribution in [3.05, 3.63) is 35.9 Å². The van der Waals surface area contributed by atoms with Crippen LogP contribution in [0.3, 0.4) is 0 Å². The van der Waals surface area contributed by atoms with Gasteiger partial charge in [-0.25, -0.2) is 9.07 Å². The number of ether oxygens (including phenoxy) is 1. The monoisotopic (exact) mass is 365 g/mol. The first-order chi connectivity index (χ1) is 12.0. The summed E-state index contributed by atoms with van der Waals surface area (Å²) in [4.78, 5) is 11.9. The minimum Gasteiger partial charge on any atom is -0.486 e. The summed E-state index contributed by atoms with van der Waals surface area (Å²) in [6.45, 7) is 2.12. The SMILES string of the molecule is CC(NC(=O)CSc1nnc(COc2ccc(F)cc2)n1N)C1CC1. The number of nitrogen functional groups attached to an aromatic ring is 1. The van der Waals surface area contributed by atoms with Crippen molar-refractivity contribution in [3.8, 4) is 5.75 Å². The molecule has 1 aromatic carbocycles. The lowest BCUT2D eigenvalue weighted by Crippen LogP contribution is -2.35. The number of nitrogens with zero attached hydrogens (tertiary/aromatic N) is 3. The van der Waals surface area contributed by atoms with Crippen LogP contribution in [0.2, 0.25) is 0 Å². The molecule has 1 unspecified atom stereocenters. The maximum absolute atomic E-state index is 12.9. The third-order valence-electron chi connectivity index (χ3n) is 3.97. The molecular weight excluding hydrogens is 345 g/mol. The van der Waals surface area contributed by atoms with Crippen molar-refractivity contribution in [2.45, 2.75) is 37.6 Å². The smallest absolute Gasteiger partial charge is 0.230 e. The third-order valence-corrected chi connectivity index (χ3v) is 4.91. The number of thioether (sulfide) groups is 1. The van der Waals surface area contributed by atoms with Gasteiger partial charge in [0.1, 0.15) is 18.2 Å². The van der Waals surface area contributed by atoms with E-state index in [2.05, 4.69) is 15.5 Å². The average Bonchev–Trinajstić information content (AvgIpc) is 3.38. The molecule has 1 atom stereocenters. The van der Waals surface area contributed by atoms with E-state index >= 15 is 0 Å². The van der Waals surface area contributed by atoms with Crippen molar-refractivity contribution in [1.82, 2.24) is 20.2 Å². The molecule has 7 nitrogen and oxygen atoms in total. The normalized spacial score (nSPS) is 15.0. The second kappa shape index (κ2) is 7.73. The number of amides is 1. The molecule has 0 spiro atoms. The highest BCUT2D eigenvalue weighted by atomic mass is 32.2. The molecule has 1 heterocycles. The van der Waals surface area contributed by atoms with E-state index in [0.29, 0.717) is 22.6 Å². The van der Waals surface area contributed by atoms with Gasteiger partial charge in [-0.05, 0) is 49.9 Å². The van der Waals surface area contributed by atoms with E-state index in [9.17, 15) is 9.18 Å². The minimum absolute atomic E-state index is 0.0449. The third kappa shape index (κ3) is 4.85. The zero-order valence-electron chi connectivity index (χ0n) is 13.8. The fourth-order valence-corrected chi connectivity index (χ4v) is 3.01. The molecule has 9 heteroatoms. The van der Waals surface area contributed by atoms with Crippen LogP contribution in [0.1, 0.15) is 25.6 Å². The molecule has 1 aliphatic rings. The van der Waals surface area contributed by atoms with Gasteiger partial charge in [0.15, 0.2) is 5.82 Å². The van der Waals surface area contributed by atoms with Crippen LogP contribution < -0.4 is 15.9 Å². The van der Waals surface area contributed by atoms with E-state index in [1.54, 1.807) is 0 Å². The van der Waals surface area contributed by atoms with Gasteiger partial charge < -0.3 is 15.9 Å². The molecule has 0 saturated heterocycles. The predicted molar refractivity (Wildman–Crippen MR) is 92.0 cm³/mol. The summed E-state index contributed by atoms with van der Waals surface area (Å²) in [5, 5.41) is 11.3. The number of benzene rings is 1. The van der Waals surface area contributed by atoms with Crippen LogP contribution >= 0.6 is 11.8 Å². The predicted octanol–water partition coefficient (Wildman–Crippen LogP) is 1.72. The largest absolute Gasteiger partial charge is 0.486 e. The topological polar surface area (TPSA) is 95.1 Å². The number of carbonyl (C=O) groups is 1. The van der Waals surface area contributed by atoms with Crippen molar-refractivity contribution in [2.24, 2.45) is 5.92 Å². The van der Waals surface area contributed by atoms with Gasteiger partial charge in [0, 0.05) is 6.04 Å². The Hall–Kier alpha value is -2.29. The fraction of sp³-hybridized carbons (Fsp3) is 0.438. The van der Waals surface area contributed by atoms with Crippen LogP contribution in [0.15, 0.2) is 29.4 Å². The Labute approximate surface area is 149 Å². The molecule has 0 bridgehead atoms. The highest BCUT2D eigenvalue weighted by Gasteiger charge is 2.28. The van der Waals surface area contributed by atoms with E-state index in [1.165, 1.54) is 53.5 Å². The van der Waals surface area contributed by atoms with Crippen LogP contribution in [0.4, 0.5) is 4.39 Å². The average molecular weight is 365 g/mol. The summed E-state index contributed by atoms with van der Waals surface area (Å²) < 4.78 is 19.6. The molecule has 1 saturated carbocycles. The number of hydrogen-bond acceptors (Lipinski definition) is 6. The second-order valence-electron chi connectivity index (χ2n) is 5.99. The summed E-state index contributed by atoms with van der Waals surface area (Å²) in [5.74, 6) is 7.32. The van der Waals surface area contributed by atoms with E-state index in [0.717, 1.165) is 0 Å². The van der Waals surface area contributed by atoms with Gasteiger partial charge in [-0.15, -0.1) is 10.2 Å². The molecule has 25 heavy (non-hydrogen) atoms. The molecule has 0 radical (unpaired) electrons. The number of halogens is 1. The quantitative estimate of drug-likeness (QED) is 0.546. The zero-order valence-corrected chi connectivity index (χ0v) is 14.6. The van der Waals surface area contributed by atoms with Gasteiger partial charge in [0.25, 0.3) is 0 Å². The Morgan fingerprint density at radius 1 is 1.44 bits per heavy atom. The van der Waals surface area contributed by atoms with Gasteiger partial charge in [0.2, 0.25) is 11.1 Å². The van der Waals surface area contributed by atoms with Crippen LogP contribution in [0, 0.1) is 11.7 Å². The molecule has 0 aliphatic heterocycles. The van der Waals surface area contributed by atoms with Gasteiger partial charge in [-0.1, -0.05) is 11.8 Å². The van der Waals surface area contributed by atoms with Crippen molar-refractivity contribution in [2.75, 3.05) is 11.6 Å². The van der Waals surface area contributed by atoms with E-state index in [1.807, 2.05) is 6.92 Å². The standard InChI is InChI=1S/C16H20FN5O2S/c1-10(11-2-3-11)19-15(23)9-25-16-21-20-14(22(16)18)8-24-13-6-4-12(17)5-7-13/h4-7,10-11H,2-3,8-9,18H2,1H3,(H,19,23). The molecule has 1 aromatic heterocycles. The second-order valence-corrected chi connectivity index (χ2v) is 6.94. The highest BCUT2D eigenvalue weighted by molar-refractivity contribution is 7.99. The minimum atomic E-state index is -0.331. The summed E-state index contributed by atoms with van der Waals surface area (Å²) in [6.07, 6.45) is 2.37. The van der Waals surface area contributed by atoms with Gasteiger partial charge in [-0.3, -0.25) is 4.79 Å². The molecule has 3 N–H and O–H groups in total. The number of hydrogen-bond donors (Lipinski definition) is 2. The molecule has 1 aliphatic carbocycles. The molecule has 3 rings (SSSR count). The van der Waals surface area contributed by atoms with Gasteiger partial charge in [-0.2, -0.15) is 0 Å². The number of nitrogens with two attached hydrogens (primary N) is 1. The number of nitrogens with one attached hydrogen (secondary N) is 1. The van der Waals surface area contributed by atoms with E-state index < -0.39 is 0 Å². The lowest BCUT2D eigenvalue weighted by atomic mass is 10.2. The molecule has 134 valence electrons. The molecule has 1 amide bonds. The lowest BCUT2D eigenvalue weighted by Gasteiger charge is -2.12. The van der Waals surface area contributed by atoms with Crippen LogP contribution in [0.25, 0.3) is 0 Å². The first-order valence-corrected chi connectivity index (χ1v) is 9.01. The maximum Gasteiger partial charge on any atom is 0.230 e. The Kier molecular flexibility index (Phi) is 5.42.